The van der Waals surface area contributed by atoms with Gasteiger partial charge in [-0.1, -0.05) is 29.2 Å². The van der Waals surface area contributed by atoms with Gasteiger partial charge < -0.3 is 5.32 Å². The molecule has 5 nitrogen and oxygen atoms in total. The number of thioether (sulfide) groups is 1. The minimum atomic E-state index is 0.00277. The number of hydrogen-bond acceptors (Lipinski definition) is 8. The molecule has 0 aliphatic carbocycles. The first-order valence-corrected chi connectivity index (χ1v) is 7.75. The lowest BCUT2D eigenvalue weighted by Gasteiger charge is -1.92. The van der Waals surface area contributed by atoms with Crippen molar-refractivity contribution in [3.63, 3.8) is 0 Å². The highest BCUT2D eigenvalue weighted by Crippen LogP contribution is 2.29. The van der Waals surface area contributed by atoms with E-state index in [0.29, 0.717) is 5.13 Å². The highest BCUT2D eigenvalue weighted by molar-refractivity contribution is 8.00. The standard InChI is InChI=1S/C11H7N5S3/c12-4-8(5-13)6-14-10-15-16-11(19-10)18-7-9-2-1-3-17-9/h1-3,6H,7H2,(H,14,15). The van der Waals surface area contributed by atoms with Gasteiger partial charge in [-0.25, -0.2) is 0 Å². The van der Waals surface area contributed by atoms with Gasteiger partial charge in [0.05, 0.1) is 0 Å². The molecule has 2 rings (SSSR count). The number of aromatic nitrogens is 2. The van der Waals surface area contributed by atoms with Crippen LogP contribution in [0, 0.1) is 22.7 Å². The minimum absolute atomic E-state index is 0.00277. The Morgan fingerprint density at radius 1 is 1.42 bits per heavy atom. The third-order valence-corrected chi connectivity index (χ3v) is 5.00. The largest absolute Gasteiger partial charge is 0.335 e. The van der Waals surface area contributed by atoms with Crippen LogP contribution in [0.1, 0.15) is 4.88 Å². The van der Waals surface area contributed by atoms with E-state index in [2.05, 4.69) is 21.6 Å². The summed E-state index contributed by atoms with van der Waals surface area (Å²) in [4.78, 5) is 1.28. The van der Waals surface area contributed by atoms with Crippen LogP contribution in [0.3, 0.4) is 0 Å². The van der Waals surface area contributed by atoms with E-state index < -0.39 is 0 Å². The first kappa shape index (κ1) is 13.6. The van der Waals surface area contributed by atoms with E-state index >= 15 is 0 Å². The third kappa shape index (κ3) is 4.07. The predicted octanol–water partition coefficient (Wildman–Crippen LogP) is 3.23. The molecule has 0 spiro atoms. The molecule has 0 atom stereocenters. The molecule has 0 amide bonds. The molecule has 2 aromatic heterocycles. The van der Waals surface area contributed by atoms with Crippen LogP contribution in [0.2, 0.25) is 0 Å². The lowest BCUT2D eigenvalue weighted by Crippen LogP contribution is -1.88. The molecular weight excluding hydrogens is 298 g/mol. The van der Waals surface area contributed by atoms with Crippen molar-refractivity contribution in [3.8, 4) is 12.1 Å². The highest BCUT2D eigenvalue weighted by atomic mass is 32.2. The normalized spacial score (nSPS) is 9.37. The van der Waals surface area contributed by atoms with Gasteiger partial charge in [0.2, 0.25) is 5.13 Å². The van der Waals surface area contributed by atoms with Crippen molar-refractivity contribution in [1.29, 1.82) is 10.5 Å². The van der Waals surface area contributed by atoms with E-state index in [4.69, 9.17) is 10.5 Å². The number of thiophene rings is 1. The maximum absolute atomic E-state index is 8.58. The molecule has 19 heavy (non-hydrogen) atoms. The second-order valence-corrected chi connectivity index (χ2v) is 6.40. The summed E-state index contributed by atoms with van der Waals surface area (Å²) in [6, 6.07) is 7.62. The SMILES string of the molecule is N#CC(C#N)=CNc1nnc(SCc2cccs2)s1. The average Bonchev–Trinajstić information content (AvgIpc) is 3.09. The van der Waals surface area contributed by atoms with Crippen LogP contribution in [-0.4, -0.2) is 10.2 Å². The topological polar surface area (TPSA) is 85.4 Å². The lowest BCUT2D eigenvalue weighted by molar-refractivity contribution is 1.01. The Morgan fingerprint density at radius 3 is 2.95 bits per heavy atom. The van der Waals surface area contributed by atoms with Gasteiger partial charge in [0.15, 0.2) is 4.34 Å². The van der Waals surface area contributed by atoms with Crippen molar-refractivity contribution in [2.75, 3.05) is 5.32 Å². The van der Waals surface area contributed by atoms with Gasteiger partial charge in [0, 0.05) is 16.8 Å². The fourth-order valence-electron chi connectivity index (χ4n) is 1.08. The Balaban J connectivity index is 1.91. The molecule has 94 valence electrons. The van der Waals surface area contributed by atoms with Gasteiger partial charge in [-0.3, -0.25) is 0 Å². The summed E-state index contributed by atoms with van der Waals surface area (Å²) in [7, 11) is 0. The molecule has 0 saturated carbocycles. The van der Waals surface area contributed by atoms with Crippen LogP contribution in [0.25, 0.3) is 0 Å². The van der Waals surface area contributed by atoms with Crippen molar-refractivity contribution in [1.82, 2.24) is 10.2 Å². The third-order valence-electron chi connectivity index (χ3n) is 1.91. The number of rotatable bonds is 5. The summed E-state index contributed by atoms with van der Waals surface area (Å²) in [5.41, 5.74) is 0.00277. The molecule has 1 N–H and O–H groups in total. The number of hydrogen-bond donors (Lipinski definition) is 1. The van der Waals surface area contributed by atoms with Gasteiger partial charge >= 0.3 is 0 Å². The first-order chi connectivity index (χ1) is 9.31. The van der Waals surface area contributed by atoms with E-state index in [1.54, 1.807) is 35.2 Å². The molecular formula is C11H7N5S3. The monoisotopic (exact) mass is 305 g/mol. The Hall–Kier alpha value is -1.87. The number of nitrogens with zero attached hydrogens (tertiary/aromatic N) is 4. The Labute approximate surface area is 122 Å². The molecule has 2 aromatic rings. The van der Waals surface area contributed by atoms with Crippen LogP contribution in [0.5, 0.6) is 0 Å². The molecule has 2 heterocycles. The Kier molecular flexibility index (Phi) is 4.93. The first-order valence-electron chi connectivity index (χ1n) is 5.07. The molecule has 0 saturated heterocycles. The summed E-state index contributed by atoms with van der Waals surface area (Å²) < 4.78 is 0.847. The van der Waals surface area contributed by atoms with Crippen LogP contribution in [0.15, 0.2) is 33.6 Å². The summed E-state index contributed by atoms with van der Waals surface area (Å²) in [6.07, 6.45) is 1.33. The van der Waals surface area contributed by atoms with Gasteiger partial charge in [0.1, 0.15) is 17.7 Å². The van der Waals surface area contributed by atoms with E-state index in [9.17, 15) is 0 Å². The van der Waals surface area contributed by atoms with Crippen LogP contribution in [-0.2, 0) is 5.75 Å². The van der Waals surface area contributed by atoms with Crippen molar-refractivity contribution in [2.45, 2.75) is 10.1 Å². The molecule has 0 aliphatic rings. The number of anilines is 1. The Morgan fingerprint density at radius 2 is 2.26 bits per heavy atom. The predicted molar refractivity (Wildman–Crippen MR) is 76.7 cm³/mol. The molecule has 0 bridgehead atoms. The van der Waals surface area contributed by atoms with Gasteiger partial charge in [0.25, 0.3) is 0 Å². The molecule has 0 unspecified atom stereocenters. The molecule has 8 heteroatoms. The van der Waals surface area contributed by atoms with Crippen LogP contribution >= 0.6 is 34.4 Å². The summed E-state index contributed by atoms with van der Waals surface area (Å²) in [6.45, 7) is 0. The van der Waals surface area contributed by atoms with Crippen LogP contribution < -0.4 is 5.32 Å². The fourth-order valence-corrected chi connectivity index (χ4v) is 3.57. The molecule has 0 aliphatic heterocycles. The average molecular weight is 305 g/mol. The highest BCUT2D eigenvalue weighted by Gasteiger charge is 2.05. The number of nitrogens with one attached hydrogen (secondary N) is 1. The summed E-state index contributed by atoms with van der Waals surface area (Å²) in [5, 5.41) is 30.5. The quantitative estimate of drug-likeness (QED) is 0.674. The van der Waals surface area contributed by atoms with Gasteiger partial charge in [-0.15, -0.1) is 21.5 Å². The van der Waals surface area contributed by atoms with E-state index in [-0.39, 0.29) is 5.57 Å². The molecule has 0 fully saturated rings. The van der Waals surface area contributed by atoms with E-state index in [1.165, 1.54) is 22.4 Å². The zero-order valence-electron chi connectivity index (χ0n) is 9.53. The fraction of sp³-hybridized carbons (Fsp3) is 0.0909. The van der Waals surface area contributed by atoms with Gasteiger partial charge in [-0.05, 0) is 11.4 Å². The summed E-state index contributed by atoms with van der Waals surface area (Å²) >= 11 is 4.71. The van der Waals surface area contributed by atoms with Gasteiger partial charge in [-0.2, -0.15) is 10.5 Å². The van der Waals surface area contributed by atoms with E-state index in [0.717, 1.165) is 10.1 Å². The maximum atomic E-state index is 8.58. The van der Waals surface area contributed by atoms with Crippen molar-refractivity contribution in [2.24, 2.45) is 0 Å². The molecule has 0 radical (unpaired) electrons. The molecule has 0 aromatic carbocycles. The maximum Gasteiger partial charge on any atom is 0.210 e. The second-order valence-electron chi connectivity index (χ2n) is 3.17. The van der Waals surface area contributed by atoms with Crippen molar-refractivity contribution < 1.29 is 0 Å². The van der Waals surface area contributed by atoms with Crippen LogP contribution in [0.4, 0.5) is 5.13 Å². The van der Waals surface area contributed by atoms with E-state index in [1.807, 2.05) is 11.4 Å². The lowest BCUT2D eigenvalue weighted by atomic mass is 10.4. The zero-order chi connectivity index (χ0) is 13.5. The number of nitriles is 2. The summed E-state index contributed by atoms with van der Waals surface area (Å²) in [5.74, 6) is 0.865. The van der Waals surface area contributed by atoms with Crippen molar-refractivity contribution >= 4 is 39.6 Å². The Bertz CT molecular complexity index is 629. The number of allylic oxidation sites excluding steroid dienone is 1. The minimum Gasteiger partial charge on any atom is -0.335 e. The zero-order valence-corrected chi connectivity index (χ0v) is 12.0. The second kappa shape index (κ2) is 6.90. The van der Waals surface area contributed by atoms with Crippen molar-refractivity contribution in [3.05, 3.63) is 34.2 Å². The smallest absolute Gasteiger partial charge is 0.210 e.